The van der Waals surface area contributed by atoms with Gasteiger partial charge in [-0.1, -0.05) is 11.3 Å². The van der Waals surface area contributed by atoms with Crippen molar-refractivity contribution < 1.29 is 14.3 Å². The van der Waals surface area contributed by atoms with Crippen molar-refractivity contribution in [3.05, 3.63) is 6.20 Å². The summed E-state index contributed by atoms with van der Waals surface area (Å²) in [4.78, 5) is 26.6. The summed E-state index contributed by atoms with van der Waals surface area (Å²) in [5.74, 6) is 0.400. The van der Waals surface area contributed by atoms with Gasteiger partial charge in [0.25, 0.3) is 0 Å². The van der Waals surface area contributed by atoms with Crippen LogP contribution in [0.4, 0.5) is 9.93 Å². The van der Waals surface area contributed by atoms with Crippen LogP contribution in [0, 0.1) is 5.92 Å². The van der Waals surface area contributed by atoms with Crippen molar-refractivity contribution in [2.45, 2.75) is 12.8 Å². The molecule has 1 aliphatic rings. The third-order valence-corrected chi connectivity index (χ3v) is 3.68. The normalized spacial score (nSPS) is 17.9. The van der Waals surface area contributed by atoms with Gasteiger partial charge in [-0.15, -0.1) is 0 Å². The number of anilines is 1. The van der Waals surface area contributed by atoms with Gasteiger partial charge in [0.2, 0.25) is 5.91 Å². The van der Waals surface area contributed by atoms with Gasteiger partial charge in [0.05, 0.1) is 13.3 Å². The van der Waals surface area contributed by atoms with E-state index in [1.165, 1.54) is 11.3 Å². The van der Waals surface area contributed by atoms with E-state index in [9.17, 15) is 9.59 Å². The number of thiazole rings is 1. The molecular weight excluding hydrogens is 268 g/mol. The third-order valence-electron chi connectivity index (χ3n) is 2.81. The molecule has 0 aromatic carbocycles. The highest BCUT2D eigenvalue weighted by atomic mass is 32.1. The van der Waals surface area contributed by atoms with Crippen LogP contribution in [0.3, 0.4) is 0 Å². The van der Waals surface area contributed by atoms with Crippen LogP contribution in [0.5, 0.6) is 5.06 Å². The highest BCUT2D eigenvalue weighted by Gasteiger charge is 2.20. The maximum absolute atomic E-state index is 11.6. The van der Waals surface area contributed by atoms with Crippen LogP contribution in [0.2, 0.25) is 0 Å². The number of hydrogen-bond donors (Lipinski definition) is 3. The van der Waals surface area contributed by atoms with Gasteiger partial charge < -0.3 is 15.4 Å². The largest absolute Gasteiger partial charge is 0.486 e. The first kappa shape index (κ1) is 13.6. The molecule has 2 rings (SSSR count). The van der Waals surface area contributed by atoms with Crippen molar-refractivity contribution in [3.63, 3.8) is 0 Å². The number of aromatic nitrogens is 1. The molecule has 2 heterocycles. The summed E-state index contributed by atoms with van der Waals surface area (Å²) in [6, 6.07) is -0.297. The average molecular weight is 284 g/mol. The summed E-state index contributed by atoms with van der Waals surface area (Å²) < 4.78 is 4.98. The first-order valence-corrected chi connectivity index (χ1v) is 6.80. The summed E-state index contributed by atoms with van der Waals surface area (Å²) >= 11 is 1.26. The van der Waals surface area contributed by atoms with Gasteiger partial charge in [-0.2, -0.15) is 0 Å². The summed E-state index contributed by atoms with van der Waals surface area (Å²) in [5.41, 5.74) is 0. The van der Waals surface area contributed by atoms with Gasteiger partial charge in [-0.25, -0.2) is 9.78 Å². The maximum atomic E-state index is 11.6. The maximum Gasteiger partial charge on any atom is 0.321 e. The molecule has 8 heteroatoms. The Morgan fingerprint density at radius 1 is 1.68 bits per heavy atom. The zero-order valence-electron chi connectivity index (χ0n) is 10.6. The molecule has 1 saturated heterocycles. The molecule has 1 aromatic rings. The molecular formula is C11H16N4O3S. The molecule has 1 unspecified atom stereocenters. The molecule has 3 N–H and O–H groups in total. The van der Waals surface area contributed by atoms with Crippen molar-refractivity contribution in [2.75, 3.05) is 25.5 Å². The standard InChI is InChI=1S/C11H16N4O3S/c1-18-9-6-14-11(19-9)15-10(17)12-3-2-7-4-8(16)13-5-7/h6-7H,2-5H2,1H3,(H,13,16)(H2,12,14,15,17). The topological polar surface area (TPSA) is 92.3 Å². The lowest BCUT2D eigenvalue weighted by molar-refractivity contribution is -0.119. The molecule has 19 heavy (non-hydrogen) atoms. The number of carbonyl (C=O) groups is 2. The number of amides is 3. The zero-order valence-corrected chi connectivity index (χ0v) is 11.4. The second-order valence-corrected chi connectivity index (χ2v) is 5.23. The lowest BCUT2D eigenvalue weighted by Gasteiger charge is -2.08. The third kappa shape index (κ3) is 4.09. The van der Waals surface area contributed by atoms with E-state index < -0.39 is 0 Å². The highest BCUT2D eigenvalue weighted by molar-refractivity contribution is 7.17. The molecule has 1 aliphatic heterocycles. The van der Waals surface area contributed by atoms with E-state index in [1.807, 2.05) is 0 Å². The Labute approximate surface area is 114 Å². The fourth-order valence-electron chi connectivity index (χ4n) is 1.81. The van der Waals surface area contributed by atoms with E-state index in [1.54, 1.807) is 13.3 Å². The molecule has 1 atom stereocenters. The van der Waals surface area contributed by atoms with Gasteiger partial charge in [-0.3, -0.25) is 10.1 Å². The molecule has 1 aromatic heterocycles. The summed E-state index contributed by atoms with van der Waals surface area (Å²) in [6.45, 7) is 1.24. The van der Waals surface area contributed by atoms with E-state index >= 15 is 0 Å². The zero-order chi connectivity index (χ0) is 13.7. The fourth-order valence-corrected chi connectivity index (χ4v) is 2.44. The van der Waals surface area contributed by atoms with Gasteiger partial charge in [0.1, 0.15) is 0 Å². The Bertz CT molecular complexity index is 463. The molecule has 3 amide bonds. The Hall–Kier alpha value is -1.83. The van der Waals surface area contributed by atoms with E-state index in [4.69, 9.17) is 4.74 Å². The first-order valence-electron chi connectivity index (χ1n) is 5.98. The Kier molecular flexibility index (Phi) is 4.56. The van der Waals surface area contributed by atoms with Gasteiger partial charge >= 0.3 is 6.03 Å². The second-order valence-electron chi connectivity index (χ2n) is 4.23. The molecule has 0 spiro atoms. The predicted octanol–water partition coefficient (Wildman–Crippen LogP) is 0.799. The van der Waals surface area contributed by atoms with Crippen LogP contribution >= 0.6 is 11.3 Å². The lowest BCUT2D eigenvalue weighted by atomic mass is 10.1. The van der Waals surface area contributed by atoms with Crippen molar-refractivity contribution in [3.8, 4) is 5.06 Å². The molecule has 0 aliphatic carbocycles. The molecule has 104 valence electrons. The van der Waals surface area contributed by atoms with Gasteiger partial charge in [-0.05, 0) is 12.3 Å². The van der Waals surface area contributed by atoms with Crippen molar-refractivity contribution >= 4 is 28.4 Å². The molecule has 0 bridgehead atoms. The Morgan fingerprint density at radius 2 is 2.53 bits per heavy atom. The van der Waals surface area contributed by atoms with Crippen LogP contribution in [0.15, 0.2) is 6.20 Å². The fraction of sp³-hybridized carbons (Fsp3) is 0.545. The number of hydrogen-bond acceptors (Lipinski definition) is 5. The monoisotopic (exact) mass is 284 g/mol. The van der Waals surface area contributed by atoms with E-state index in [0.29, 0.717) is 35.6 Å². The molecule has 0 saturated carbocycles. The number of rotatable bonds is 5. The SMILES string of the molecule is COc1cnc(NC(=O)NCCC2CNC(=O)C2)s1. The number of nitrogens with zero attached hydrogens (tertiary/aromatic N) is 1. The smallest absolute Gasteiger partial charge is 0.321 e. The first-order chi connectivity index (χ1) is 9.17. The van der Waals surface area contributed by atoms with Crippen LogP contribution < -0.4 is 20.7 Å². The molecule has 0 radical (unpaired) electrons. The van der Waals surface area contributed by atoms with Crippen LogP contribution in [-0.4, -0.2) is 37.1 Å². The van der Waals surface area contributed by atoms with Gasteiger partial charge in [0, 0.05) is 19.5 Å². The summed E-state index contributed by atoms with van der Waals surface area (Å²) in [5, 5.41) is 9.27. The predicted molar refractivity (Wildman–Crippen MR) is 71.4 cm³/mol. The van der Waals surface area contributed by atoms with Crippen LogP contribution in [0.25, 0.3) is 0 Å². The quantitative estimate of drug-likeness (QED) is 0.745. The van der Waals surface area contributed by atoms with Crippen molar-refractivity contribution in [1.29, 1.82) is 0 Å². The van der Waals surface area contributed by atoms with Crippen LogP contribution in [-0.2, 0) is 4.79 Å². The lowest BCUT2D eigenvalue weighted by Crippen LogP contribution is -2.30. The minimum Gasteiger partial charge on any atom is -0.486 e. The number of methoxy groups -OCH3 is 1. The molecule has 7 nitrogen and oxygen atoms in total. The highest BCUT2D eigenvalue weighted by Crippen LogP contribution is 2.24. The number of ether oxygens (including phenoxy) is 1. The summed E-state index contributed by atoms with van der Waals surface area (Å²) in [6.07, 6.45) is 2.89. The van der Waals surface area contributed by atoms with E-state index in [2.05, 4.69) is 20.9 Å². The number of urea groups is 1. The Morgan fingerprint density at radius 3 is 3.16 bits per heavy atom. The number of nitrogens with one attached hydrogen (secondary N) is 3. The Balaban J connectivity index is 1.65. The van der Waals surface area contributed by atoms with E-state index in [0.717, 1.165) is 6.42 Å². The average Bonchev–Trinajstić information content (AvgIpc) is 2.98. The van der Waals surface area contributed by atoms with Crippen LogP contribution in [0.1, 0.15) is 12.8 Å². The van der Waals surface area contributed by atoms with E-state index in [-0.39, 0.29) is 11.9 Å². The minimum atomic E-state index is -0.297. The number of carbonyl (C=O) groups excluding carboxylic acids is 2. The minimum absolute atomic E-state index is 0.0873. The van der Waals surface area contributed by atoms with Crippen molar-refractivity contribution in [2.24, 2.45) is 5.92 Å². The molecule has 1 fully saturated rings. The van der Waals surface area contributed by atoms with Gasteiger partial charge in [0.15, 0.2) is 10.2 Å². The van der Waals surface area contributed by atoms with Crippen molar-refractivity contribution in [1.82, 2.24) is 15.6 Å². The summed E-state index contributed by atoms with van der Waals surface area (Å²) in [7, 11) is 1.55. The second kappa shape index (κ2) is 6.37.